The van der Waals surface area contributed by atoms with Crippen molar-refractivity contribution in [3.8, 4) is 5.75 Å². The Morgan fingerprint density at radius 3 is 2.58 bits per heavy atom. The third-order valence-corrected chi connectivity index (χ3v) is 4.26. The van der Waals surface area contributed by atoms with Crippen molar-refractivity contribution in [2.75, 3.05) is 45.7 Å². The van der Waals surface area contributed by atoms with E-state index in [4.69, 9.17) is 21.1 Å². The minimum absolute atomic E-state index is 0.0114. The van der Waals surface area contributed by atoms with E-state index in [0.717, 1.165) is 0 Å². The van der Waals surface area contributed by atoms with E-state index in [-0.39, 0.29) is 37.1 Å². The molecule has 1 aliphatic rings. The van der Waals surface area contributed by atoms with Crippen molar-refractivity contribution in [2.45, 2.75) is 26.1 Å². The van der Waals surface area contributed by atoms with Gasteiger partial charge in [-0.15, -0.1) is 0 Å². The van der Waals surface area contributed by atoms with Crippen LogP contribution in [-0.4, -0.2) is 74.2 Å². The zero-order chi connectivity index (χ0) is 19.3. The van der Waals surface area contributed by atoms with Gasteiger partial charge in [-0.25, -0.2) is 0 Å². The molecule has 0 aromatic heterocycles. The number of nitrogens with one attached hydrogen (secondary N) is 1. The number of carbonyl (C=O) groups is 2. The number of carbonyl (C=O) groups excluding carboxylic acids is 2. The van der Waals surface area contributed by atoms with Crippen LogP contribution in [0.3, 0.4) is 0 Å². The lowest BCUT2D eigenvalue weighted by molar-refractivity contribution is -0.144. The van der Waals surface area contributed by atoms with Crippen LogP contribution < -0.4 is 10.1 Å². The Morgan fingerprint density at radius 1 is 1.31 bits per heavy atom. The molecule has 1 aliphatic heterocycles. The fourth-order valence-electron chi connectivity index (χ4n) is 2.98. The Kier molecular flexibility index (Phi) is 7.25. The summed E-state index contributed by atoms with van der Waals surface area (Å²) >= 11 is 5.96. The number of amides is 2. The summed E-state index contributed by atoms with van der Waals surface area (Å²) in [4.78, 5) is 28.2. The standard InChI is InChI=1S/C18H26ClN3O4/c1-12-8-22(9-13(2)26-12)18(24)11-21(3)10-17(23)20-15-7-14(19)5-6-16(15)25-4/h5-7,12-13H,8-11H2,1-4H3,(H,20,23)/t12-,13-/m1/s1. The first kappa shape index (κ1) is 20.5. The highest BCUT2D eigenvalue weighted by Crippen LogP contribution is 2.27. The molecule has 1 aromatic carbocycles. The Labute approximate surface area is 159 Å². The van der Waals surface area contributed by atoms with E-state index in [0.29, 0.717) is 29.5 Å². The zero-order valence-corrected chi connectivity index (χ0v) is 16.4. The van der Waals surface area contributed by atoms with Crippen LogP contribution in [0.15, 0.2) is 18.2 Å². The van der Waals surface area contributed by atoms with Gasteiger partial charge in [0.1, 0.15) is 5.75 Å². The van der Waals surface area contributed by atoms with Crippen LogP contribution in [0.25, 0.3) is 0 Å². The maximum atomic E-state index is 12.4. The molecule has 1 fully saturated rings. The quantitative estimate of drug-likeness (QED) is 0.811. The van der Waals surface area contributed by atoms with Gasteiger partial charge in [0.25, 0.3) is 0 Å². The predicted octanol–water partition coefficient (Wildman–Crippen LogP) is 1.85. The topological polar surface area (TPSA) is 71.1 Å². The van der Waals surface area contributed by atoms with E-state index in [1.807, 2.05) is 13.8 Å². The average Bonchev–Trinajstić information content (AvgIpc) is 2.53. The van der Waals surface area contributed by atoms with E-state index >= 15 is 0 Å². The predicted molar refractivity (Wildman–Crippen MR) is 101 cm³/mol. The van der Waals surface area contributed by atoms with E-state index in [1.165, 1.54) is 7.11 Å². The SMILES string of the molecule is COc1ccc(Cl)cc1NC(=O)CN(C)CC(=O)N1C[C@@H](C)O[C@H](C)C1. The summed E-state index contributed by atoms with van der Waals surface area (Å²) in [6, 6.07) is 5.00. The second-order valence-electron chi connectivity index (χ2n) is 6.62. The van der Waals surface area contributed by atoms with E-state index in [9.17, 15) is 9.59 Å². The maximum absolute atomic E-state index is 12.4. The molecule has 2 rings (SSSR count). The molecule has 0 aliphatic carbocycles. The Morgan fingerprint density at radius 2 is 1.96 bits per heavy atom. The van der Waals surface area contributed by atoms with Crippen LogP contribution in [0.5, 0.6) is 5.75 Å². The molecule has 2 amide bonds. The number of rotatable bonds is 6. The van der Waals surface area contributed by atoms with Crippen LogP contribution in [0.4, 0.5) is 5.69 Å². The number of morpholine rings is 1. The molecule has 0 spiro atoms. The minimum atomic E-state index is -0.246. The monoisotopic (exact) mass is 383 g/mol. The van der Waals surface area contributed by atoms with E-state index < -0.39 is 0 Å². The molecule has 0 bridgehead atoms. The van der Waals surface area contributed by atoms with Gasteiger partial charge in [0.05, 0.1) is 38.1 Å². The summed E-state index contributed by atoms with van der Waals surface area (Å²) in [6.45, 7) is 5.29. The van der Waals surface area contributed by atoms with Gasteiger partial charge in [-0.2, -0.15) is 0 Å². The lowest BCUT2D eigenvalue weighted by atomic mass is 10.2. The van der Waals surface area contributed by atoms with E-state index in [2.05, 4.69) is 5.32 Å². The lowest BCUT2D eigenvalue weighted by Gasteiger charge is -2.36. The molecule has 144 valence electrons. The Bertz CT molecular complexity index is 645. The van der Waals surface area contributed by atoms with Gasteiger partial charge in [-0.05, 0) is 39.1 Å². The molecule has 26 heavy (non-hydrogen) atoms. The number of hydrogen-bond acceptors (Lipinski definition) is 5. The van der Waals surface area contributed by atoms with Crippen LogP contribution in [-0.2, 0) is 14.3 Å². The molecule has 1 aromatic rings. The van der Waals surface area contributed by atoms with Crippen molar-refractivity contribution in [3.63, 3.8) is 0 Å². The molecule has 1 saturated heterocycles. The van der Waals surface area contributed by atoms with Crippen molar-refractivity contribution in [2.24, 2.45) is 0 Å². The second kappa shape index (κ2) is 9.21. The van der Waals surface area contributed by atoms with Crippen LogP contribution in [0, 0.1) is 0 Å². The summed E-state index contributed by atoms with van der Waals surface area (Å²) in [5.74, 6) is 0.269. The first-order valence-corrected chi connectivity index (χ1v) is 8.91. The summed E-state index contributed by atoms with van der Waals surface area (Å²) in [6.07, 6.45) is 0.0400. The minimum Gasteiger partial charge on any atom is -0.495 e. The largest absolute Gasteiger partial charge is 0.495 e. The highest BCUT2D eigenvalue weighted by atomic mass is 35.5. The molecule has 1 N–H and O–H groups in total. The highest BCUT2D eigenvalue weighted by molar-refractivity contribution is 6.31. The summed E-state index contributed by atoms with van der Waals surface area (Å²) in [5.41, 5.74) is 0.501. The van der Waals surface area contributed by atoms with Crippen molar-refractivity contribution < 1.29 is 19.1 Å². The Balaban J connectivity index is 1.87. The summed E-state index contributed by atoms with van der Waals surface area (Å²) in [7, 11) is 3.26. The summed E-state index contributed by atoms with van der Waals surface area (Å²) < 4.78 is 10.9. The maximum Gasteiger partial charge on any atom is 0.238 e. The van der Waals surface area contributed by atoms with Gasteiger partial charge < -0.3 is 19.7 Å². The zero-order valence-electron chi connectivity index (χ0n) is 15.6. The number of hydrogen-bond donors (Lipinski definition) is 1. The second-order valence-corrected chi connectivity index (χ2v) is 7.06. The molecule has 0 unspecified atom stereocenters. The molecule has 1 heterocycles. The third-order valence-electron chi connectivity index (χ3n) is 4.03. The summed E-state index contributed by atoms with van der Waals surface area (Å²) in [5, 5.41) is 3.27. The van der Waals surface area contributed by atoms with Gasteiger partial charge in [-0.1, -0.05) is 11.6 Å². The number of benzene rings is 1. The first-order valence-electron chi connectivity index (χ1n) is 8.53. The average molecular weight is 384 g/mol. The number of anilines is 1. The highest BCUT2D eigenvalue weighted by Gasteiger charge is 2.26. The van der Waals surface area contributed by atoms with Gasteiger partial charge in [0, 0.05) is 18.1 Å². The van der Waals surface area contributed by atoms with Gasteiger partial charge in [-0.3, -0.25) is 14.5 Å². The molecular weight excluding hydrogens is 358 g/mol. The van der Waals surface area contributed by atoms with Crippen LogP contribution >= 0.6 is 11.6 Å². The number of ether oxygens (including phenoxy) is 2. The number of methoxy groups -OCH3 is 1. The van der Waals surface area contributed by atoms with Gasteiger partial charge >= 0.3 is 0 Å². The molecule has 7 nitrogen and oxygen atoms in total. The van der Waals surface area contributed by atoms with Crippen molar-refractivity contribution in [1.82, 2.24) is 9.80 Å². The molecule has 8 heteroatoms. The number of nitrogens with zero attached hydrogens (tertiary/aromatic N) is 2. The van der Waals surface area contributed by atoms with Crippen LogP contribution in [0.1, 0.15) is 13.8 Å². The number of likely N-dealkylation sites (N-methyl/N-ethyl adjacent to an activating group) is 1. The van der Waals surface area contributed by atoms with Gasteiger partial charge in [0.15, 0.2) is 0 Å². The smallest absolute Gasteiger partial charge is 0.238 e. The van der Waals surface area contributed by atoms with Gasteiger partial charge in [0.2, 0.25) is 11.8 Å². The fourth-order valence-corrected chi connectivity index (χ4v) is 3.15. The van der Waals surface area contributed by atoms with E-state index in [1.54, 1.807) is 35.0 Å². The molecule has 0 saturated carbocycles. The normalized spacial score (nSPS) is 20.2. The third kappa shape index (κ3) is 5.86. The van der Waals surface area contributed by atoms with Crippen molar-refractivity contribution in [3.05, 3.63) is 23.2 Å². The van der Waals surface area contributed by atoms with Crippen molar-refractivity contribution in [1.29, 1.82) is 0 Å². The molecule has 2 atom stereocenters. The Hall–Kier alpha value is -1.83. The lowest BCUT2D eigenvalue weighted by Crippen LogP contribution is -2.51. The fraction of sp³-hybridized carbons (Fsp3) is 0.556. The van der Waals surface area contributed by atoms with Crippen LogP contribution in [0.2, 0.25) is 5.02 Å². The van der Waals surface area contributed by atoms with Crippen molar-refractivity contribution >= 4 is 29.1 Å². The first-order chi connectivity index (χ1) is 12.3. The molecule has 0 radical (unpaired) electrons. The molecular formula is C18H26ClN3O4. The number of halogens is 1.